The molecule has 5 heteroatoms. The Morgan fingerprint density at radius 3 is 2.24 bits per heavy atom. The van der Waals surface area contributed by atoms with Gasteiger partial charge in [-0.2, -0.15) is 13.2 Å². The van der Waals surface area contributed by atoms with E-state index in [1.807, 2.05) is 6.92 Å². The minimum Gasteiger partial charge on any atom is -0.497 e. The summed E-state index contributed by atoms with van der Waals surface area (Å²) < 4.78 is 44.5. The third-order valence-corrected chi connectivity index (χ3v) is 4.13. The maximum Gasteiger partial charge on any atom is 0.417 e. The Kier molecular flexibility index (Phi) is 4.83. The molecule has 0 N–H and O–H groups in total. The first-order chi connectivity index (χ1) is 9.94. The lowest BCUT2D eigenvalue weighted by Crippen LogP contribution is -2.07. The normalized spacial score (nSPS) is 11.5. The van der Waals surface area contributed by atoms with E-state index in [1.165, 1.54) is 12.1 Å². The van der Waals surface area contributed by atoms with Crippen LogP contribution in [0.15, 0.2) is 52.3 Å². The van der Waals surface area contributed by atoms with Crippen molar-refractivity contribution in [1.82, 2.24) is 0 Å². The van der Waals surface area contributed by atoms with Gasteiger partial charge in [0.25, 0.3) is 0 Å². The average molecular weight is 312 g/mol. The third-order valence-electron chi connectivity index (χ3n) is 3.04. The first-order valence-electron chi connectivity index (χ1n) is 6.46. The fourth-order valence-corrected chi connectivity index (χ4v) is 2.83. The van der Waals surface area contributed by atoms with Crippen molar-refractivity contribution in [3.8, 4) is 5.75 Å². The second-order valence-electron chi connectivity index (χ2n) is 4.46. The molecule has 0 aromatic heterocycles. The van der Waals surface area contributed by atoms with Gasteiger partial charge in [0.2, 0.25) is 0 Å². The molecule has 0 bridgehead atoms. The molecule has 0 aliphatic carbocycles. The van der Waals surface area contributed by atoms with Crippen molar-refractivity contribution < 1.29 is 17.9 Å². The molecule has 1 nitrogen and oxygen atoms in total. The molecule has 0 spiro atoms. The number of halogens is 3. The number of alkyl halides is 3. The maximum atomic E-state index is 13.2. The van der Waals surface area contributed by atoms with Crippen LogP contribution in [0.5, 0.6) is 5.75 Å². The van der Waals surface area contributed by atoms with Crippen LogP contribution in [-0.4, -0.2) is 7.11 Å². The molecule has 0 fully saturated rings. The van der Waals surface area contributed by atoms with E-state index in [1.54, 1.807) is 37.4 Å². The van der Waals surface area contributed by atoms with E-state index in [-0.39, 0.29) is 4.90 Å². The Morgan fingerprint density at radius 1 is 1.05 bits per heavy atom. The first kappa shape index (κ1) is 15.8. The zero-order valence-electron chi connectivity index (χ0n) is 11.7. The fraction of sp³-hybridized carbons (Fsp3) is 0.250. The molecule has 2 aromatic rings. The molecule has 0 saturated heterocycles. The molecule has 0 heterocycles. The SMILES string of the molecule is CCc1ccc(Sc2ccc(OC)cc2)c(C(F)(F)F)c1. The lowest BCUT2D eigenvalue weighted by atomic mass is 10.1. The minimum absolute atomic E-state index is 0.213. The van der Waals surface area contributed by atoms with Gasteiger partial charge in [0.15, 0.2) is 0 Å². The van der Waals surface area contributed by atoms with Crippen molar-refractivity contribution >= 4 is 11.8 Å². The molecule has 0 amide bonds. The summed E-state index contributed by atoms with van der Waals surface area (Å²) in [5, 5.41) is 0. The molecule has 2 aromatic carbocycles. The Bertz CT molecular complexity index is 606. The lowest BCUT2D eigenvalue weighted by Gasteiger charge is -2.14. The van der Waals surface area contributed by atoms with Crippen molar-refractivity contribution in [2.24, 2.45) is 0 Å². The highest BCUT2D eigenvalue weighted by molar-refractivity contribution is 7.99. The van der Waals surface area contributed by atoms with Crippen LogP contribution in [0.25, 0.3) is 0 Å². The van der Waals surface area contributed by atoms with Gasteiger partial charge in [-0.05, 0) is 48.4 Å². The quantitative estimate of drug-likeness (QED) is 0.744. The molecule has 112 valence electrons. The number of aryl methyl sites for hydroxylation is 1. The lowest BCUT2D eigenvalue weighted by molar-refractivity contribution is -0.139. The highest BCUT2D eigenvalue weighted by Crippen LogP contribution is 2.40. The van der Waals surface area contributed by atoms with Crippen LogP contribution in [0.4, 0.5) is 13.2 Å². The number of methoxy groups -OCH3 is 1. The van der Waals surface area contributed by atoms with Gasteiger partial charge >= 0.3 is 6.18 Å². The van der Waals surface area contributed by atoms with Crippen molar-refractivity contribution in [2.45, 2.75) is 29.3 Å². The zero-order valence-corrected chi connectivity index (χ0v) is 12.5. The summed E-state index contributed by atoms with van der Waals surface area (Å²) in [5.41, 5.74) is 0.101. The third kappa shape index (κ3) is 3.94. The number of hydrogen-bond acceptors (Lipinski definition) is 2. The van der Waals surface area contributed by atoms with Crippen LogP contribution in [-0.2, 0) is 12.6 Å². The van der Waals surface area contributed by atoms with Crippen LogP contribution in [0.2, 0.25) is 0 Å². The largest absolute Gasteiger partial charge is 0.497 e. The highest BCUT2D eigenvalue weighted by Gasteiger charge is 2.33. The van der Waals surface area contributed by atoms with E-state index >= 15 is 0 Å². The molecular weight excluding hydrogens is 297 g/mol. The molecule has 0 atom stereocenters. The van der Waals surface area contributed by atoms with Crippen LogP contribution in [0.1, 0.15) is 18.1 Å². The van der Waals surface area contributed by atoms with E-state index in [4.69, 9.17) is 4.74 Å². The zero-order chi connectivity index (χ0) is 15.5. The van der Waals surface area contributed by atoms with Gasteiger partial charge in [-0.15, -0.1) is 0 Å². The van der Waals surface area contributed by atoms with Crippen molar-refractivity contribution in [1.29, 1.82) is 0 Å². The van der Waals surface area contributed by atoms with E-state index < -0.39 is 11.7 Å². The Labute approximate surface area is 126 Å². The number of benzene rings is 2. The summed E-state index contributed by atoms with van der Waals surface area (Å²) in [4.78, 5) is 0.954. The van der Waals surface area contributed by atoms with Crippen LogP contribution in [0, 0.1) is 0 Å². The van der Waals surface area contributed by atoms with E-state index in [2.05, 4.69) is 0 Å². The Morgan fingerprint density at radius 2 is 1.71 bits per heavy atom. The molecular formula is C16H15F3OS. The summed E-state index contributed by atoms with van der Waals surface area (Å²) in [6.07, 6.45) is -3.77. The van der Waals surface area contributed by atoms with Gasteiger partial charge in [0.1, 0.15) is 5.75 Å². The van der Waals surface area contributed by atoms with Gasteiger partial charge in [0.05, 0.1) is 12.7 Å². The maximum absolute atomic E-state index is 13.2. The summed E-state index contributed by atoms with van der Waals surface area (Å²) in [6.45, 7) is 1.84. The summed E-state index contributed by atoms with van der Waals surface area (Å²) in [7, 11) is 1.55. The monoisotopic (exact) mass is 312 g/mol. The smallest absolute Gasteiger partial charge is 0.417 e. The fourth-order valence-electron chi connectivity index (χ4n) is 1.88. The molecule has 21 heavy (non-hydrogen) atoms. The predicted molar refractivity (Wildman–Crippen MR) is 77.9 cm³/mol. The van der Waals surface area contributed by atoms with Gasteiger partial charge in [-0.1, -0.05) is 24.8 Å². The summed E-state index contributed by atoms with van der Waals surface area (Å²) in [6, 6.07) is 11.5. The second kappa shape index (κ2) is 6.43. The number of ether oxygens (including phenoxy) is 1. The standard InChI is InChI=1S/C16H15F3OS/c1-3-11-4-9-15(14(10-11)16(17,18)19)21-13-7-5-12(20-2)6-8-13/h4-10H,3H2,1-2H3. The van der Waals surface area contributed by atoms with Crippen molar-refractivity contribution in [3.05, 3.63) is 53.6 Å². The van der Waals surface area contributed by atoms with Crippen LogP contribution < -0.4 is 4.74 Å². The van der Waals surface area contributed by atoms with E-state index in [0.29, 0.717) is 17.7 Å². The highest BCUT2D eigenvalue weighted by atomic mass is 32.2. The average Bonchev–Trinajstić information content (AvgIpc) is 2.47. The summed E-state index contributed by atoms with van der Waals surface area (Å²) in [5.74, 6) is 0.678. The van der Waals surface area contributed by atoms with Crippen molar-refractivity contribution in [2.75, 3.05) is 7.11 Å². The van der Waals surface area contributed by atoms with Gasteiger partial charge in [-0.25, -0.2) is 0 Å². The second-order valence-corrected chi connectivity index (χ2v) is 5.57. The molecule has 0 aliphatic heterocycles. The Hall–Kier alpha value is -1.62. The first-order valence-corrected chi connectivity index (χ1v) is 7.27. The van der Waals surface area contributed by atoms with E-state index in [0.717, 1.165) is 16.7 Å². The predicted octanol–water partition coefficient (Wildman–Crippen LogP) is 5.43. The molecule has 0 radical (unpaired) electrons. The van der Waals surface area contributed by atoms with Crippen LogP contribution >= 0.6 is 11.8 Å². The summed E-state index contributed by atoms with van der Waals surface area (Å²) >= 11 is 1.10. The topological polar surface area (TPSA) is 9.23 Å². The van der Waals surface area contributed by atoms with Gasteiger partial charge in [-0.3, -0.25) is 0 Å². The van der Waals surface area contributed by atoms with E-state index in [9.17, 15) is 13.2 Å². The number of rotatable bonds is 4. The van der Waals surface area contributed by atoms with Crippen molar-refractivity contribution in [3.63, 3.8) is 0 Å². The number of hydrogen-bond donors (Lipinski definition) is 0. The molecule has 0 saturated carbocycles. The van der Waals surface area contributed by atoms with Gasteiger partial charge in [0, 0.05) is 9.79 Å². The molecule has 0 unspecified atom stereocenters. The molecule has 2 rings (SSSR count). The van der Waals surface area contributed by atoms with Gasteiger partial charge < -0.3 is 4.74 Å². The minimum atomic E-state index is -4.35. The molecule has 0 aliphatic rings. The Balaban J connectivity index is 2.34. The van der Waals surface area contributed by atoms with Crippen LogP contribution in [0.3, 0.4) is 0 Å².